The first kappa shape index (κ1) is 17.1. The van der Waals surface area contributed by atoms with Crippen molar-refractivity contribution in [3.05, 3.63) is 17.7 Å². The Morgan fingerprint density at radius 2 is 1.80 bits per heavy atom. The third-order valence-corrected chi connectivity index (χ3v) is 3.93. The van der Waals surface area contributed by atoms with Gasteiger partial charge < -0.3 is 19.9 Å². The number of nitrogens with one attached hydrogen (secondary N) is 1. The van der Waals surface area contributed by atoms with Gasteiger partial charge in [0.25, 0.3) is 0 Å². The highest BCUT2D eigenvalue weighted by Gasteiger charge is 2.10. The third-order valence-electron chi connectivity index (χ3n) is 3.11. The summed E-state index contributed by atoms with van der Waals surface area (Å²) < 4.78 is 10.7. The van der Waals surface area contributed by atoms with Gasteiger partial charge in [0.1, 0.15) is 0 Å². The van der Waals surface area contributed by atoms with Crippen molar-refractivity contribution in [1.29, 1.82) is 0 Å². The predicted molar refractivity (Wildman–Crippen MR) is 84.0 cm³/mol. The summed E-state index contributed by atoms with van der Waals surface area (Å²) in [7, 11) is 3.31. The molecule has 1 rings (SSSR count). The van der Waals surface area contributed by atoms with E-state index in [2.05, 4.69) is 11.6 Å². The largest absolute Gasteiger partial charge is 0.493 e. The minimum absolute atomic E-state index is 0.284. The van der Waals surface area contributed by atoms with Gasteiger partial charge in [-0.15, -0.1) is 11.8 Å². The van der Waals surface area contributed by atoms with Crippen LogP contribution in [0.5, 0.6) is 11.5 Å². The molecule has 0 unspecified atom stereocenters. The van der Waals surface area contributed by atoms with E-state index in [4.69, 9.17) is 14.6 Å². The maximum Gasteiger partial charge on any atom is 0.161 e. The Labute approximate surface area is 125 Å². The Balaban J connectivity index is 2.59. The van der Waals surface area contributed by atoms with Crippen molar-refractivity contribution < 1.29 is 14.6 Å². The monoisotopic (exact) mass is 299 g/mol. The lowest BCUT2D eigenvalue weighted by Crippen LogP contribution is -2.15. The molecule has 1 aromatic carbocycles. The van der Waals surface area contributed by atoms with Crippen LogP contribution in [0.4, 0.5) is 0 Å². The lowest BCUT2D eigenvalue weighted by molar-refractivity contribution is 0.283. The first-order valence-electron chi connectivity index (χ1n) is 6.87. The fourth-order valence-electron chi connectivity index (χ4n) is 1.99. The average molecular weight is 299 g/mol. The van der Waals surface area contributed by atoms with Crippen LogP contribution in [0, 0.1) is 0 Å². The molecule has 0 aliphatic carbocycles. The SMILES string of the molecule is COc1cc(CNCCCCCO)c(SC)cc1OC. The Bertz CT molecular complexity index is 399. The number of hydrogen-bond acceptors (Lipinski definition) is 5. The molecule has 0 radical (unpaired) electrons. The minimum Gasteiger partial charge on any atom is -0.493 e. The lowest BCUT2D eigenvalue weighted by atomic mass is 10.2. The summed E-state index contributed by atoms with van der Waals surface area (Å²) in [4.78, 5) is 1.20. The minimum atomic E-state index is 0.284. The molecule has 0 aromatic heterocycles. The second-order valence-electron chi connectivity index (χ2n) is 4.48. The molecule has 0 heterocycles. The maximum atomic E-state index is 8.73. The first-order chi connectivity index (χ1) is 9.76. The van der Waals surface area contributed by atoms with E-state index in [1.165, 1.54) is 10.5 Å². The second kappa shape index (κ2) is 9.91. The molecule has 4 nitrogen and oxygen atoms in total. The summed E-state index contributed by atoms with van der Waals surface area (Å²) in [5.74, 6) is 1.53. The highest BCUT2D eigenvalue weighted by Crippen LogP contribution is 2.34. The van der Waals surface area contributed by atoms with Crippen LogP contribution >= 0.6 is 11.8 Å². The van der Waals surface area contributed by atoms with Crippen LogP contribution in [-0.2, 0) is 6.54 Å². The summed E-state index contributed by atoms with van der Waals surface area (Å²) in [5, 5.41) is 12.2. The molecule has 0 atom stereocenters. The number of thioether (sulfide) groups is 1. The van der Waals surface area contributed by atoms with Gasteiger partial charge >= 0.3 is 0 Å². The van der Waals surface area contributed by atoms with E-state index in [1.807, 2.05) is 12.1 Å². The van der Waals surface area contributed by atoms with Crippen LogP contribution in [0.25, 0.3) is 0 Å². The van der Waals surface area contributed by atoms with Gasteiger partial charge in [-0.2, -0.15) is 0 Å². The van der Waals surface area contributed by atoms with Gasteiger partial charge in [-0.05, 0) is 49.8 Å². The van der Waals surface area contributed by atoms with Crippen LogP contribution < -0.4 is 14.8 Å². The van der Waals surface area contributed by atoms with Crippen LogP contribution in [0.15, 0.2) is 17.0 Å². The molecule has 0 saturated carbocycles. The van der Waals surface area contributed by atoms with Crippen LogP contribution in [-0.4, -0.2) is 38.7 Å². The quantitative estimate of drug-likeness (QED) is 0.514. The van der Waals surface area contributed by atoms with E-state index in [0.29, 0.717) is 0 Å². The summed E-state index contributed by atoms with van der Waals surface area (Å²) >= 11 is 1.71. The number of hydrogen-bond donors (Lipinski definition) is 2. The molecule has 114 valence electrons. The average Bonchev–Trinajstić information content (AvgIpc) is 2.49. The highest BCUT2D eigenvalue weighted by atomic mass is 32.2. The summed E-state index contributed by atoms with van der Waals surface area (Å²) in [6, 6.07) is 4.05. The van der Waals surface area contributed by atoms with Crippen molar-refractivity contribution in [2.75, 3.05) is 33.6 Å². The molecular formula is C15H25NO3S. The van der Waals surface area contributed by atoms with Gasteiger partial charge in [-0.25, -0.2) is 0 Å². The summed E-state index contributed by atoms with van der Waals surface area (Å²) in [6.45, 7) is 2.06. The molecule has 0 aliphatic heterocycles. The van der Waals surface area contributed by atoms with Gasteiger partial charge in [0.15, 0.2) is 11.5 Å². The molecule has 0 aliphatic rings. The van der Waals surface area contributed by atoms with E-state index in [-0.39, 0.29) is 6.61 Å². The molecule has 2 N–H and O–H groups in total. The molecule has 0 bridgehead atoms. The van der Waals surface area contributed by atoms with Gasteiger partial charge in [-0.1, -0.05) is 0 Å². The number of benzene rings is 1. The van der Waals surface area contributed by atoms with Crippen molar-refractivity contribution in [2.24, 2.45) is 0 Å². The third kappa shape index (κ3) is 5.23. The van der Waals surface area contributed by atoms with Crippen molar-refractivity contribution in [1.82, 2.24) is 5.32 Å². The van der Waals surface area contributed by atoms with Crippen molar-refractivity contribution >= 4 is 11.8 Å². The molecule has 5 heteroatoms. The highest BCUT2D eigenvalue weighted by molar-refractivity contribution is 7.98. The Morgan fingerprint density at radius 3 is 2.40 bits per heavy atom. The van der Waals surface area contributed by atoms with E-state index in [1.54, 1.807) is 26.0 Å². The van der Waals surface area contributed by atoms with Gasteiger partial charge in [0.2, 0.25) is 0 Å². The van der Waals surface area contributed by atoms with Crippen molar-refractivity contribution in [3.63, 3.8) is 0 Å². The molecule has 20 heavy (non-hydrogen) atoms. The van der Waals surface area contributed by atoms with Crippen LogP contribution in [0.3, 0.4) is 0 Å². The van der Waals surface area contributed by atoms with Crippen LogP contribution in [0.1, 0.15) is 24.8 Å². The second-order valence-corrected chi connectivity index (χ2v) is 5.33. The van der Waals surface area contributed by atoms with Gasteiger partial charge in [-0.3, -0.25) is 0 Å². The summed E-state index contributed by atoms with van der Waals surface area (Å²) in [6.07, 6.45) is 5.09. The van der Waals surface area contributed by atoms with E-state index in [9.17, 15) is 0 Å². The zero-order chi connectivity index (χ0) is 14.8. The smallest absolute Gasteiger partial charge is 0.161 e. The number of unbranched alkanes of at least 4 members (excludes halogenated alkanes) is 2. The Morgan fingerprint density at radius 1 is 1.10 bits per heavy atom. The number of aliphatic hydroxyl groups excluding tert-OH is 1. The molecular weight excluding hydrogens is 274 g/mol. The van der Waals surface area contributed by atoms with Gasteiger partial charge in [0.05, 0.1) is 14.2 Å². The lowest BCUT2D eigenvalue weighted by Gasteiger charge is -2.14. The topological polar surface area (TPSA) is 50.7 Å². The number of aliphatic hydroxyl groups is 1. The fraction of sp³-hybridized carbons (Fsp3) is 0.600. The fourth-order valence-corrected chi connectivity index (χ4v) is 2.61. The summed E-state index contributed by atoms with van der Waals surface area (Å²) in [5.41, 5.74) is 1.22. The number of ether oxygens (including phenoxy) is 2. The molecule has 0 amide bonds. The Kier molecular flexibility index (Phi) is 8.49. The molecule has 0 fully saturated rings. The maximum absolute atomic E-state index is 8.73. The van der Waals surface area contributed by atoms with Gasteiger partial charge in [0, 0.05) is 18.0 Å². The van der Waals surface area contributed by atoms with Crippen molar-refractivity contribution in [3.8, 4) is 11.5 Å². The predicted octanol–water partition coefficient (Wildman–Crippen LogP) is 2.68. The number of rotatable bonds is 10. The van der Waals surface area contributed by atoms with E-state index >= 15 is 0 Å². The number of methoxy groups -OCH3 is 2. The van der Waals surface area contributed by atoms with E-state index < -0.39 is 0 Å². The standard InChI is InChI=1S/C15H25NO3S/c1-18-13-9-12(11-16-7-5-4-6-8-17)15(20-3)10-14(13)19-2/h9-10,16-17H,4-8,11H2,1-3H3. The first-order valence-corrected chi connectivity index (χ1v) is 8.09. The zero-order valence-electron chi connectivity index (χ0n) is 12.6. The van der Waals surface area contributed by atoms with E-state index in [0.717, 1.165) is 43.9 Å². The van der Waals surface area contributed by atoms with Crippen LogP contribution in [0.2, 0.25) is 0 Å². The molecule has 0 saturated heterocycles. The Hall–Kier alpha value is -0.910. The normalized spacial score (nSPS) is 10.6. The molecule has 1 aromatic rings. The van der Waals surface area contributed by atoms with Crippen molar-refractivity contribution in [2.45, 2.75) is 30.7 Å². The molecule has 0 spiro atoms. The zero-order valence-corrected chi connectivity index (χ0v) is 13.4.